The number of nitrogens with zero attached hydrogens (tertiary/aromatic N) is 2. The first-order valence-electron chi connectivity index (χ1n) is 6.74. The number of nitro benzene ring substituents is 1. The lowest BCUT2D eigenvalue weighted by Crippen LogP contribution is -2.46. The van der Waals surface area contributed by atoms with Gasteiger partial charge in [-0.15, -0.1) is 0 Å². The van der Waals surface area contributed by atoms with Crippen LogP contribution in [0.25, 0.3) is 0 Å². The molecule has 1 aromatic carbocycles. The lowest BCUT2D eigenvalue weighted by molar-refractivity contribution is -0.385. The summed E-state index contributed by atoms with van der Waals surface area (Å²) < 4.78 is 0. The van der Waals surface area contributed by atoms with Gasteiger partial charge >= 0.3 is 0 Å². The van der Waals surface area contributed by atoms with Crippen LogP contribution in [0.4, 0.5) is 11.4 Å². The van der Waals surface area contributed by atoms with Crippen molar-refractivity contribution in [3.63, 3.8) is 0 Å². The first-order valence-corrected chi connectivity index (χ1v) is 6.74. The second-order valence-corrected chi connectivity index (χ2v) is 5.44. The van der Waals surface area contributed by atoms with Crippen molar-refractivity contribution in [2.75, 3.05) is 18.0 Å². The summed E-state index contributed by atoms with van der Waals surface area (Å²) in [4.78, 5) is 12.9. The smallest absolute Gasteiger partial charge is 0.274 e. The van der Waals surface area contributed by atoms with Gasteiger partial charge in [-0.05, 0) is 31.7 Å². The van der Waals surface area contributed by atoms with E-state index in [0.29, 0.717) is 18.0 Å². The lowest BCUT2D eigenvalue weighted by Gasteiger charge is -2.39. The third kappa shape index (κ3) is 2.87. The van der Waals surface area contributed by atoms with Gasteiger partial charge in [0.15, 0.2) is 0 Å². The van der Waals surface area contributed by atoms with Crippen LogP contribution in [0.1, 0.15) is 25.3 Å². The van der Waals surface area contributed by atoms with Gasteiger partial charge in [0, 0.05) is 36.4 Å². The average molecular weight is 263 g/mol. The van der Waals surface area contributed by atoms with E-state index >= 15 is 0 Å². The zero-order chi connectivity index (χ0) is 14.0. The van der Waals surface area contributed by atoms with Crippen LogP contribution in [0.3, 0.4) is 0 Å². The molecule has 5 nitrogen and oxygen atoms in total. The van der Waals surface area contributed by atoms with Crippen LogP contribution >= 0.6 is 0 Å². The highest BCUT2D eigenvalue weighted by atomic mass is 16.6. The molecular formula is C14H21N3O2. The van der Waals surface area contributed by atoms with E-state index in [1.165, 1.54) is 0 Å². The van der Waals surface area contributed by atoms with Gasteiger partial charge in [0.1, 0.15) is 0 Å². The van der Waals surface area contributed by atoms with Crippen molar-refractivity contribution in [2.45, 2.75) is 32.7 Å². The molecule has 1 aliphatic heterocycles. The van der Waals surface area contributed by atoms with Gasteiger partial charge in [0.2, 0.25) is 0 Å². The number of nitro groups is 1. The van der Waals surface area contributed by atoms with Gasteiger partial charge < -0.3 is 10.6 Å². The van der Waals surface area contributed by atoms with Crippen LogP contribution in [-0.4, -0.2) is 24.1 Å². The number of hydrogen-bond donors (Lipinski definition) is 1. The van der Waals surface area contributed by atoms with Crippen molar-refractivity contribution < 1.29 is 4.92 Å². The SMILES string of the molecule is Cc1ccc(N2CCC(C)CC2CN)cc1[N+](=O)[O-]. The minimum Gasteiger partial charge on any atom is -0.367 e. The highest BCUT2D eigenvalue weighted by molar-refractivity contribution is 5.57. The molecule has 19 heavy (non-hydrogen) atoms. The summed E-state index contributed by atoms with van der Waals surface area (Å²) in [5.74, 6) is 0.672. The van der Waals surface area contributed by atoms with E-state index in [0.717, 1.165) is 25.1 Å². The number of aryl methyl sites for hydroxylation is 1. The summed E-state index contributed by atoms with van der Waals surface area (Å²) in [6, 6.07) is 5.74. The van der Waals surface area contributed by atoms with Crippen LogP contribution in [0.15, 0.2) is 18.2 Å². The largest absolute Gasteiger partial charge is 0.367 e. The molecule has 0 amide bonds. The molecule has 1 heterocycles. The average Bonchev–Trinajstić information content (AvgIpc) is 2.39. The van der Waals surface area contributed by atoms with Crippen molar-refractivity contribution in [3.8, 4) is 0 Å². The normalized spacial score (nSPS) is 23.4. The topological polar surface area (TPSA) is 72.4 Å². The van der Waals surface area contributed by atoms with Crippen LogP contribution in [0.2, 0.25) is 0 Å². The highest BCUT2D eigenvalue weighted by Crippen LogP contribution is 2.31. The van der Waals surface area contributed by atoms with Crippen LogP contribution in [0, 0.1) is 23.0 Å². The summed E-state index contributed by atoms with van der Waals surface area (Å²) in [6.07, 6.45) is 2.16. The Morgan fingerprint density at radius 1 is 1.53 bits per heavy atom. The summed E-state index contributed by atoms with van der Waals surface area (Å²) in [5, 5.41) is 11.0. The van der Waals surface area contributed by atoms with Gasteiger partial charge in [-0.3, -0.25) is 10.1 Å². The Bertz CT molecular complexity index is 476. The van der Waals surface area contributed by atoms with E-state index in [4.69, 9.17) is 5.73 Å². The molecule has 0 radical (unpaired) electrons. The predicted octanol–water partition coefficient (Wildman–Crippen LogP) is 2.47. The van der Waals surface area contributed by atoms with Gasteiger partial charge in [-0.2, -0.15) is 0 Å². The van der Waals surface area contributed by atoms with E-state index in [9.17, 15) is 10.1 Å². The second kappa shape index (κ2) is 5.57. The van der Waals surface area contributed by atoms with Crippen molar-refractivity contribution in [3.05, 3.63) is 33.9 Å². The first kappa shape index (κ1) is 13.8. The number of rotatable bonds is 3. The summed E-state index contributed by atoms with van der Waals surface area (Å²) in [5.41, 5.74) is 7.65. The molecule has 1 aromatic rings. The summed E-state index contributed by atoms with van der Waals surface area (Å²) in [6.45, 7) is 5.51. The Kier molecular flexibility index (Phi) is 4.04. The molecule has 5 heteroatoms. The molecule has 2 N–H and O–H groups in total. The highest BCUT2D eigenvalue weighted by Gasteiger charge is 2.26. The van der Waals surface area contributed by atoms with Crippen molar-refractivity contribution in [1.29, 1.82) is 0 Å². The molecule has 0 aromatic heterocycles. The van der Waals surface area contributed by atoms with Crippen molar-refractivity contribution in [2.24, 2.45) is 11.7 Å². The monoisotopic (exact) mass is 263 g/mol. The number of piperidine rings is 1. The van der Waals surface area contributed by atoms with Crippen molar-refractivity contribution in [1.82, 2.24) is 0 Å². The summed E-state index contributed by atoms with van der Waals surface area (Å²) in [7, 11) is 0. The van der Waals surface area contributed by atoms with Gasteiger partial charge in [0.05, 0.1) is 4.92 Å². The fourth-order valence-corrected chi connectivity index (χ4v) is 2.79. The number of hydrogen-bond acceptors (Lipinski definition) is 4. The van der Waals surface area contributed by atoms with Crippen LogP contribution in [-0.2, 0) is 0 Å². The fraction of sp³-hybridized carbons (Fsp3) is 0.571. The van der Waals surface area contributed by atoms with E-state index in [1.54, 1.807) is 13.0 Å². The number of anilines is 1. The molecule has 0 spiro atoms. The third-order valence-electron chi connectivity index (χ3n) is 3.97. The van der Waals surface area contributed by atoms with Crippen molar-refractivity contribution >= 4 is 11.4 Å². The van der Waals surface area contributed by atoms with Gasteiger partial charge in [-0.25, -0.2) is 0 Å². The molecule has 1 saturated heterocycles. The molecule has 1 fully saturated rings. The maximum Gasteiger partial charge on any atom is 0.274 e. The molecule has 0 saturated carbocycles. The third-order valence-corrected chi connectivity index (χ3v) is 3.97. The first-order chi connectivity index (χ1) is 9.02. The Morgan fingerprint density at radius 3 is 2.89 bits per heavy atom. The molecule has 0 aliphatic carbocycles. The molecule has 104 valence electrons. The number of nitrogens with two attached hydrogens (primary N) is 1. The molecular weight excluding hydrogens is 242 g/mol. The predicted molar refractivity (Wildman–Crippen MR) is 76.4 cm³/mol. The summed E-state index contributed by atoms with van der Waals surface area (Å²) >= 11 is 0. The lowest BCUT2D eigenvalue weighted by atomic mass is 9.92. The Morgan fingerprint density at radius 2 is 2.26 bits per heavy atom. The quantitative estimate of drug-likeness (QED) is 0.671. The Labute approximate surface area is 113 Å². The standard InChI is InChI=1S/C14H21N3O2/c1-10-5-6-16(13(7-10)9-15)12-4-3-11(2)14(8-12)17(18)19/h3-4,8,10,13H,5-7,9,15H2,1-2H3. The minimum absolute atomic E-state index is 0.187. The maximum absolute atomic E-state index is 11.0. The zero-order valence-corrected chi connectivity index (χ0v) is 11.5. The van der Waals surface area contributed by atoms with E-state index < -0.39 is 0 Å². The Hall–Kier alpha value is -1.62. The Balaban J connectivity index is 2.30. The van der Waals surface area contributed by atoms with Crippen LogP contribution in [0.5, 0.6) is 0 Å². The van der Waals surface area contributed by atoms with E-state index in [-0.39, 0.29) is 16.7 Å². The fourth-order valence-electron chi connectivity index (χ4n) is 2.79. The molecule has 2 unspecified atom stereocenters. The zero-order valence-electron chi connectivity index (χ0n) is 11.5. The molecule has 2 atom stereocenters. The van der Waals surface area contributed by atoms with Crippen LogP contribution < -0.4 is 10.6 Å². The molecule has 1 aliphatic rings. The van der Waals surface area contributed by atoms with Gasteiger partial charge in [-0.1, -0.05) is 13.0 Å². The minimum atomic E-state index is -0.317. The molecule has 2 rings (SSSR count). The number of benzene rings is 1. The van der Waals surface area contributed by atoms with E-state index in [2.05, 4.69) is 11.8 Å². The maximum atomic E-state index is 11.0. The van der Waals surface area contributed by atoms with Gasteiger partial charge in [0.25, 0.3) is 5.69 Å². The molecule has 0 bridgehead atoms. The second-order valence-electron chi connectivity index (χ2n) is 5.44. The van der Waals surface area contributed by atoms with E-state index in [1.807, 2.05) is 12.1 Å².